The predicted octanol–water partition coefficient (Wildman–Crippen LogP) is 7.21. The molecule has 0 bridgehead atoms. The number of allylic oxidation sites excluding steroid dienone is 7. The molecule has 4 nitrogen and oxygen atoms in total. The highest BCUT2D eigenvalue weighted by Gasteiger charge is 2.61. The fraction of sp³-hybridized carbons (Fsp3) is 0.538. The van der Waals surface area contributed by atoms with Crippen molar-refractivity contribution in [3.8, 4) is 0 Å². The number of benzene rings is 1. The van der Waals surface area contributed by atoms with Gasteiger partial charge in [-0.05, 0) is 91.9 Å². The first-order valence-electron chi connectivity index (χ1n) is 17.4. The average Bonchev–Trinajstić information content (AvgIpc) is 3.82. The Morgan fingerprint density at radius 2 is 1.86 bits per heavy atom. The summed E-state index contributed by atoms with van der Waals surface area (Å²) in [7, 11) is 0. The zero-order valence-electron chi connectivity index (χ0n) is 25.7. The lowest BCUT2D eigenvalue weighted by Gasteiger charge is -2.44. The molecule has 3 fully saturated rings. The van der Waals surface area contributed by atoms with Crippen molar-refractivity contribution in [3.05, 3.63) is 100 Å². The van der Waals surface area contributed by atoms with Crippen LogP contribution in [0.4, 0.5) is 5.69 Å². The highest BCUT2D eigenvalue weighted by molar-refractivity contribution is 5.62. The van der Waals surface area contributed by atoms with E-state index in [-0.39, 0.29) is 0 Å². The number of anilines is 1. The van der Waals surface area contributed by atoms with Crippen LogP contribution in [0, 0.1) is 29.6 Å². The maximum absolute atomic E-state index is 4.00. The van der Waals surface area contributed by atoms with Crippen molar-refractivity contribution in [1.82, 2.24) is 16.0 Å². The standard InChI is InChI=1S/C39H48N4/c1-24-16-35(39(24)23-41-39)34-20-29(28-12-14-37-33(19-28)32-8-4-5-9-36(32)43-37)13-15-38(34)42-31-18-30(21-40-22-31)27-11-10-25-6-2-3-7-26(25)17-27/h2,5-6,9,13-15,17-20,24-26,28,30,32,35-36,40-43H,3-4,7-8,10-12,16,21-23H2,1H3/t24-,25?,26?,28?,30?,32?,35?,36?,39?/m1/s1. The molecule has 43 heavy (non-hydrogen) atoms. The number of hydrogen-bond acceptors (Lipinski definition) is 4. The number of fused-ring (bicyclic) bond motifs is 4. The van der Waals surface area contributed by atoms with Gasteiger partial charge < -0.3 is 21.3 Å². The molecule has 3 aliphatic heterocycles. The summed E-state index contributed by atoms with van der Waals surface area (Å²) in [5, 5.41) is 15.4. The molecule has 4 heteroatoms. The minimum absolute atomic E-state index is 0.323. The smallest absolute Gasteiger partial charge is 0.0513 e. The van der Waals surface area contributed by atoms with Crippen molar-refractivity contribution in [2.24, 2.45) is 29.6 Å². The van der Waals surface area contributed by atoms with Crippen molar-refractivity contribution in [1.29, 1.82) is 0 Å². The molecular formula is C39H48N4. The first-order chi connectivity index (χ1) is 21.1. The van der Waals surface area contributed by atoms with Crippen LogP contribution >= 0.6 is 0 Å². The minimum atomic E-state index is 0.323. The summed E-state index contributed by atoms with van der Waals surface area (Å²) in [6.07, 6.45) is 30.0. The Hall–Kier alpha value is -2.82. The van der Waals surface area contributed by atoms with E-state index in [4.69, 9.17) is 0 Å². The van der Waals surface area contributed by atoms with E-state index in [0.717, 1.165) is 37.3 Å². The zero-order chi connectivity index (χ0) is 28.5. The molecule has 1 spiro atoms. The lowest BCUT2D eigenvalue weighted by molar-refractivity contribution is 0.197. The molecule has 3 heterocycles. The van der Waals surface area contributed by atoms with Crippen molar-refractivity contribution in [2.75, 3.05) is 25.0 Å². The minimum Gasteiger partial charge on any atom is -0.378 e. The largest absolute Gasteiger partial charge is 0.378 e. The van der Waals surface area contributed by atoms with Crippen LogP contribution in [0.15, 0.2) is 89.3 Å². The van der Waals surface area contributed by atoms with Gasteiger partial charge in [-0.2, -0.15) is 0 Å². The Morgan fingerprint density at radius 3 is 2.77 bits per heavy atom. The third-order valence-electron chi connectivity index (χ3n) is 12.6. The molecule has 8 aliphatic rings. The van der Waals surface area contributed by atoms with Crippen LogP contribution in [0.3, 0.4) is 0 Å². The van der Waals surface area contributed by atoms with E-state index in [9.17, 15) is 0 Å². The third-order valence-corrected chi connectivity index (χ3v) is 12.6. The summed E-state index contributed by atoms with van der Waals surface area (Å²) in [5.74, 6) is 4.51. The summed E-state index contributed by atoms with van der Waals surface area (Å²) in [4.78, 5) is 0. The van der Waals surface area contributed by atoms with Crippen LogP contribution < -0.4 is 21.3 Å². The summed E-state index contributed by atoms with van der Waals surface area (Å²) in [6.45, 7) is 5.61. The monoisotopic (exact) mass is 572 g/mol. The molecule has 9 rings (SSSR count). The van der Waals surface area contributed by atoms with Crippen LogP contribution in [-0.4, -0.2) is 31.2 Å². The molecule has 224 valence electrons. The van der Waals surface area contributed by atoms with Crippen molar-refractivity contribution < 1.29 is 0 Å². The molecular weight excluding hydrogens is 524 g/mol. The predicted molar refractivity (Wildman–Crippen MR) is 177 cm³/mol. The first kappa shape index (κ1) is 26.6. The van der Waals surface area contributed by atoms with Crippen LogP contribution in [0.2, 0.25) is 0 Å². The van der Waals surface area contributed by atoms with Crippen LogP contribution in [0.1, 0.15) is 81.3 Å². The summed E-state index contributed by atoms with van der Waals surface area (Å²) in [5.41, 5.74) is 10.7. The molecule has 1 aromatic carbocycles. The Kier molecular flexibility index (Phi) is 6.41. The fourth-order valence-electron chi connectivity index (χ4n) is 9.87. The van der Waals surface area contributed by atoms with Crippen LogP contribution in [0.5, 0.6) is 0 Å². The first-order valence-corrected chi connectivity index (χ1v) is 17.4. The van der Waals surface area contributed by atoms with E-state index in [1.54, 1.807) is 11.1 Å². The summed E-state index contributed by atoms with van der Waals surface area (Å²) < 4.78 is 0. The second-order valence-corrected chi connectivity index (χ2v) is 15.0. The van der Waals surface area contributed by atoms with Gasteiger partial charge in [-0.15, -0.1) is 0 Å². The molecule has 0 aromatic heterocycles. The van der Waals surface area contributed by atoms with E-state index >= 15 is 0 Å². The Morgan fingerprint density at radius 1 is 0.953 bits per heavy atom. The van der Waals surface area contributed by atoms with Crippen molar-refractivity contribution >= 4 is 5.69 Å². The fourth-order valence-corrected chi connectivity index (χ4v) is 9.87. The topological polar surface area (TPSA) is 58.0 Å². The van der Waals surface area contributed by atoms with Gasteiger partial charge in [-0.1, -0.05) is 73.2 Å². The third kappa shape index (κ3) is 4.54. The van der Waals surface area contributed by atoms with Gasteiger partial charge in [0, 0.05) is 65.9 Å². The second-order valence-electron chi connectivity index (χ2n) is 15.0. The SMILES string of the molecule is C[C@@H]1CC(c2cc(C3C=C4C(=CC3)NC3C=CCCC43)ccc2NC2=CC(C3=CC4CCC=CC4CC3)CNC2)C12CN2. The molecule has 5 aliphatic carbocycles. The summed E-state index contributed by atoms with van der Waals surface area (Å²) >= 11 is 0. The van der Waals surface area contributed by atoms with Gasteiger partial charge in [0.05, 0.1) is 6.04 Å². The molecule has 8 unspecified atom stereocenters. The molecule has 2 saturated heterocycles. The van der Waals surface area contributed by atoms with E-state index in [1.165, 1.54) is 79.7 Å². The highest BCUT2D eigenvalue weighted by Crippen LogP contribution is 2.57. The lowest BCUT2D eigenvalue weighted by atomic mass is 9.61. The quantitative estimate of drug-likeness (QED) is 0.223. The molecule has 1 aromatic rings. The van der Waals surface area contributed by atoms with Gasteiger partial charge in [0.25, 0.3) is 0 Å². The molecule has 0 amide bonds. The van der Waals surface area contributed by atoms with E-state index < -0.39 is 0 Å². The normalized spacial score (nSPS) is 40.6. The van der Waals surface area contributed by atoms with Crippen molar-refractivity contribution in [2.45, 2.75) is 81.7 Å². The van der Waals surface area contributed by atoms with E-state index in [1.807, 2.05) is 0 Å². The number of nitrogens with one attached hydrogen (secondary N) is 4. The van der Waals surface area contributed by atoms with E-state index in [0.29, 0.717) is 35.3 Å². The maximum Gasteiger partial charge on any atom is 0.0513 e. The Labute approximate surface area is 257 Å². The number of hydrogen-bond donors (Lipinski definition) is 4. The van der Waals surface area contributed by atoms with Crippen LogP contribution in [0.25, 0.3) is 0 Å². The van der Waals surface area contributed by atoms with Gasteiger partial charge in [0.15, 0.2) is 0 Å². The van der Waals surface area contributed by atoms with Gasteiger partial charge in [0.1, 0.15) is 0 Å². The van der Waals surface area contributed by atoms with E-state index in [2.05, 4.69) is 95.0 Å². The van der Waals surface area contributed by atoms with Gasteiger partial charge in [-0.25, -0.2) is 0 Å². The van der Waals surface area contributed by atoms with Crippen LogP contribution in [-0.2, 0) is 0 Å². The van der Waals surface area contributed by atoms with Gasteiger partial charge >= 0.3 is 0 Å². The molecule has 0 radical (unpaired) electrons. The van der Waals surface area contributed by atoms with Gasteiger partial charge in [0.2, 0.25) is 0 Å². The molecule has 4 N–H and O–H groups in total. The Balaban J connectivity index is 1.00. The maximum atomic E-state index is 4.00. The van der Waals surface area contributed by atoms with Gasteiger partial charge in [-0.3, -0.25) is 0 Å². The second kappa shape index (κ2) is 10.4. The van der Waals surface area contributed by atoms with Crippen molar-refractivity contribution in [3.63, 3.8) is 0 Å². The zero-order valence-corrected chi connectivity index (χ0v) is 25.7. The Bertz CT molecular complexity index is 1480. The average molecular weight is 573 g/mol. The summed E-state index contributed by atoms with van der Waals surface area (Å²) in [6, 6.07) is 7.94. The highest BCUT2D eigenvalue weighted by atomic mass is 15.2. The molecule has 1 saturated carbocycles. The lowest BCUT2D eigenvalue weighted by Crippen LogP contribution is -2.45. The molecule has 9 atom stereocenters. The number of rotatable bonds is 5.